The number of likely N-dealkylation sites (tertiary alicyclic amines) is 1. The summed E-state index contributed by atoms with van der Waals surface area (Å²) in [7, 11) is -1.97. The number of nitrogens with one attached hydrogen (secondary N) is 2. The first-order chi connectivity index (χ1) is 26.1. The average molecular weight is 786 g/mol. The van der Waals surface area contributed by atoms with E-state index in [2.05, 4.69) is 10.6 Å². The van der Waals surface area contributed by atoms with Gasteiger partial charge in [0.05, 0.1) is 11.0 Å². The Morgan fingerprint density at radius 1 is 0.927 bits per heavy atom. The molecule has 0 saturated carbocycles. The molecule has 55 heavy (non-hydrogen) atoms. The number of rotatable bonds is 7. The number of benzene rings is 3. The first-order valence-corrected chi connectivity index (χ1v) is 17.1. The second kappa shape index (κ2) is 15.3. The number of piperazine rings is 1. The quantitative estimate of drug-likeness (QED) is 0.102. The molecule has 3 aromatic rings. The third-order valence-electron chi connectivity index (χ3n) is 9.57. The number of hydrogen-bond acceptors (Lipinski definition) is 11. The molecule has 3 heterocycles. The van der Waals surface area contributed by atoms with Crippen LogP contribution in [0, 0.1) is 11.6 Å². The number of phenols is 3. The molecular formula is C34H31BClF2N5O12. The molecule has 6 amide bonds. The van der Waals surface area contributed by atoms with Crippen LogP contribution in [0.3, 0.4) is 0 Å². The summed E-state index contributed by atoms with van der Waals surface area (Å²) in [4.78, 5) is 81.8. The SMILES string of the molecule is O=C(O)c1c(F)ccc2c1OB(O)[C@@H](NC(=O)C(NC(=O)N1CCN(C3CCN(C(=O)c4cccc(O)c4)CC3)C(=O)C1=O)c1cc(F)c(O)c(O)c1Cl)C2. The highest BCUT2D eigenvalue weighted by atomic mass is 35.5. The lowest BCUT2D eigenvalue weighted by atomic mass is 9.72. The fourth-order valence-corrected chi connectivity index (χ4v) is 6.99. The zero-order chi connectivity index (χ0) is 39.9. The summed E-state index contributed by atoms with van der Waals surface area (Å²) in [6.45, 7) is -0.0123. The van der Waals surface area contributed by atoms with E-state index in [-0.39, 0.29) is 55.4 Å². The minimum atomic E-state index is -2.06. The third-order valence-corrected chi connectivity index (χ3v) is 9.97. The van der Waals surface area contributed by atoms with Gasteiger partial charge in [0.25, 0.3) is 5.91 Å². The summed E-state index contributed by atoms with van der Waals surface area (Å²) in [6, 6.07) is 4.52. The number of hydrogen-bond donors (Lipinski definition) is 7. The highest BCUT2D eigenvalue weighted by molar-refractivity contribution is 6.47. The van der Waals surface area contributed by atoms with Crippen LogP contribution in [-0.4, -0.2) is 121 Å². The van der Waals surface area contributed by atoms with Gasteiger partial charge in [-0.2, -0.15) is 0 Å². The smallest absolute Gasteiger partial charge is 0.534 e. The molecule has 1 unspecified atom stereocenters. The van der Waals surface area contributed by atoms with Gasteiger partial charge in [0, 0.05) is 43.3 Å². The van der Waals surface area contributed by atoms with Crippen molar-refractivity contribution in [1.82, 2.24) is 25.3 Å². The number of carboxylic acid groups (broad SMARTS) is 1. The van der Waals surface area contributed by atoms with Gasteiger partial charge in [-0.3, -0.25) is 24.1 Å². The lowest BCUT2D eigenvalue weighted by Crippen LogP contribution is -2.62. The van der Waals surface area contributed by atoms with E-state index in [9.17, 15) is 63.0 Å². The molecule has 0 radical (unpaired) electrons. The Balaban J connectivity index is 1.16. The number of fused-ring (bicyclic) bond motifs is 1. The van der Waals surface area contributed by atoms with Gasteiger partial charge in [0.1, 0.15) is 28.9 Å². The van der Waals surface area contributed by atoms with Crippen molar-refractivity contribution in [2.45, 2.75) is 37.3 Å². The summed E-state index contributed by atoms with van der Waals surface area (Å²) in [5, 5.41) is 53.6. The highest BCUT2D eigenvalue weighted by Crippen LogP contribution is 2.41. The van der Waals surface area contributed by atoms with Crippen molar-refractivity contribution in [3.63, 3.8) is 0 Å². The van der Waals surface area contributed by atoms with E-state index < -0.39 is 99.9 Å². The Morgan fingerprint density at radius 2 is 1.64 bits per heavy atom. The van der Waals surface area contributed by atoms with Crippen molar-refractivity contribution in [1.29, 1.82) is 0 Å². The molecule has 2 fully saturated rings. The van der Waals surface area contributed by atoms with E-state index in [1.54, 1.807) is 11.0 Å². The van der Waals surface area contributed by atoms with Gasteiger partial charge >= 0.3 is 30.9 Å². The summed E-state index contributed by atoms with van der Waals surface area (Å²) in [5.74, 6) is -12.6. The number of carboxylic acids is 1. The number of amides is 6. The van der Waals surface area contributed by atoms with Gasteiger partial charge in [-0.15, -0.1) is 0 Å². The van der Waals surface area contributed by atoms with Crippen LogP contribution in [0.25, 0.3) is 0 Å². The molecule has 0 aromatic heterocycles. The zero-order valence-electron chi connectivity index (χ0n) is 28.4. The van der Waals surface area contributed by atoms with E-state index in [0.717, 1.165) is 12.1 Å². The van der Waals surface area contributed by atoms with Gasteiger partial charge < -0.3 is 50.5 Å². The number of piperidine rings is 1. The summed E-state index contributed by atoms with van der Waals surface area (Å²) >= 11 is 6.16. The minimum Gasteiger partial charge on any atom is -0.534 e. The Morgan fingerprint density at radius 3 is 2.31 bits per heavy atom. The van der Waals surface area contributed by atoms with Crippen LogP contribution in [0.2, 0.25) is 5.02 Å². The van der Waals surface area contributed by atoms with Gasteiger partial charge in [0.15, 0.2) is 17.3 Å². The first kappa shape index (κ1) is 38.6. The Kier molecular flexibility index (Phi) is 10.7. The molecule has 2 saturated heterocycles. The van der Waals surface area contributed by atoms with Crippen LogP contribution in [-0.2, 0) is 20.8 Å². The standard InChI is InChI=1S/C34H31BClF2N5O12/c36-24-19(14-21(38)26(45)27(24)46)25(29(47)39-22-13-15-4-5-20(37)23(33(51)52)28(15)55-35(22)54)40-34(53)43-11-10-42(31(49)32(43)50)17-6-8-41(9-7-17)30(48)16-2-1-3-18(44)12-16/h1-5,12,14,17,22,25,44-46,54H,6-11,13H2,(H,39,47)(H,40,53)(H,51,52)/t22-,25?/m0/s1. The molecule has 17 nitrogen and oxygen atoms in total. The van der Waals surface area contributed by atoms with Crippen LogP contribution in [0.1, 0.15) is 50.7 Å². The number of halogens is 3. The molecule has 288 valence electrons. The number of nitrogens with zero attached hydrogens (tertiary/aromatic N) is 3. The van der Waals surface area contributed by atoms with Crippen LogP contribution >= 0.6 is 11.6 Å². The number of urea groups is 1. The van der Waals surface area contributed by atoms with E-state index in [1.807, 2.05) is 0 Å². The normalized spacial score (nSPS) is 18.0. The Hall–Kier alpha value is -6.15. The molecule has 2 atom stereocenters. The van der Waals surface area contributed by atoms with Crippen molar-refractivity contribution in [3.05, 3.63) is 81.4 Å². The van der Waals surface area contributed by atoms with E-state index >= 15 is 0 Å². The zero-order valence-corrected chi connectivity index (χ0v) is 29.1. The molecule has 3 aliphatic rings. The van der Waals surface area contributed by atoms with Crippen molar-refractivity contribution in [2.24, 2.45) is 0 Å². The number of carbonyl (C=O) groups is 6. The topological polar surface area (TPSA) is 247 Å². The van der Waals surface area contributed by atoms with Crippen molar-refractivity contribution in [3.8, 4) is 23.0 Å². The molecule has 7 N–H and O–H groups in total. The van der Waals surface area contributed by atoms with Crippen molar-refractivity contribution >= 4 is 54.3 Å². The van der Waals surface area contributed by atoms with E-state index in [0.29, 0.717) is 23.8 Å². The van der Waals surface area contributed by atoms with Gasteiger partial charge in [-0.1, -0.05) is 23.7 Å². The molecule has 6 rings (SSSR count). The van der Waals surface area contributed by atoms with Gasteiger partial charge in [0.2, 0.25) is 5.91 Å². The Labute approximate surface area is 314 Å². The predicted octanol–water partition coefficient (Wildman–Crippen LogP) is 1.30. The average Bonchev–Trinajstić information content (AvgIpc) is 3.15. The number of aromatic carboxylic acids is 1. The Bertz CT molecular complexity index is 2120. The molecule has 21 heteroatoms. The van der Waals surface area contributed by atoms with Crippen molar-refractivity contribution < 1.29 is 67.7 Å². The number of imide groups is 1. The predicted molar refractivity (Wildman–Crippen MR) is 184 cm³/mol. The van der Waals surface area contributed by atoms with Crippen LogP contribution in [0.5, 0.6) is 23.0 Å². The maximum Gasteiger partial charge on any atom is 0.547 e. The fraction of sp³-hybridized carbons (Fsp3) is 0.294. The minimum absolute atomic E-state index is 0.0667. The maximum absolute atomic E-state index is 14.7. The summed E-state index contributed by atoms with van der Waals surface area (Å²) in [6.07, 6.45) is 0.282. The molecule has 0 bridgehead atoms. The molecular weight excluding hydrogens is 755 g/mol. The fourth-order valence-electron chi connectivity index (χ4n) is 6.74. The lowest BCUT2D eigenvalue weighted by Gasteiger charge is -2.41. The highest BCUT2D eigenvalue weighted by Gasteiger charge is 2.44. The van der Waals surface area contributed by atoms with Gasteiger partial charge in [-0.05, 0) is 55.2 Å². The molecule has 0 aliphatic carbocycles. The first-order valence-electron chi connectivity index (χ1n) is 16.7. The van der Waals surface area contributed by atoms with Crippen LogP contribution in [0.15, 0.2) is 42.5 Å². The van der Waals surface area contributed by atoms with Crippen molar-refractivity contribution in [2.75, 3.05) is 26.2 Å². The number of carbonyl (C=O) groups excluding carboxylic acids is 5. The summed E-state index contributed by atoms with van der Waals surface area (Å²) < 4.78 is 34.1. The largest absolute Gasteiger partial charge is 0.547 e. The second-order valence-corrected chi connectivity index (χ2v) is 13.3. The third kappa shape index (κ3) is 7.50. The maximum atomic E-state index is 14.7. The second-order valence-electron chi connectivity index (χ2n) is 12.9. The number of phenolic OH excluding ortho intramolecular Hbond substituents is 3. The van der Waals surface area contributed by atoms with Crippen LogP contribution < -0.4 is 15.3 Å². The van der Waals surface area contributed by atoms with Crippen LogP contribution in [0.4, 0.5) is 13.6 Å². The summed E-state index contributed by atoms with van der Waals surface area (Å²) in [5.41, 5.74) is -1.13. The number of aromatic hydroxyl groups is 3. The lowest BCUT2D eigenvalue weighted by molar-refractivity contribution is -0.156. The van der Waals surface area contributed by atoms with E-state index in [4.69, 9.17) is 16.3 Å². The molecule has 3 aromatic carbocycles. The van der Waals surface area contributed by atoms with E-state index in [1.165, 1.54) is 23.1 Å². The molecule has 3 aliphatic heterocycles. The molecule has 0 spiro atoms. The van der Waals surface area contributed by atoms with Gasteiger partial charge in [-0.25, -0.2) is 18.4 Å². The monoisotopic (exact) mass is 785 g/mol.